The summed E-state index contributed by atoms with van der Waals surface area (Å²) in [6.07, 6.45) is 3.96. The smallest absolute Gasteiger partial charge is 0.279 e. The Morgan fingerprint density at radius 1 is 1.29 bits per heavy atom. The lowest BCUT2D eigenvalue weighted by Gasteiger charge is -2.23. The molecule has 136 valence electrons. The van der Waals surface area contributed by atoms with Gasteiger partial charge in [-0.3, -0.25) is 4.90 Å². The summed E-state index contributed by atoms with van der Waals surface area (Å²) < 4.78 is 34.7. The first-order valence-electron chi connectivity index (χ1n) is 8.77. The minimum absolute atomic E-state index is 0.0523. The lowest BCUT2D eigenvalue weighted by Crippen LogP contribution is -2.47. The Balaban J connectivity index is 1.64. The maximum absolute atomic E-state index is 12.6. The van der Waals surface area contributed by atoms with Crippen LogP contribution >= 0.6 is 0 Å². The molecule has 1 N–H and O–H groups in total. The van der Waals surface area contributed by atoms with Gasteiger partial charge >= 0.3 is 0 Å². The van der Waals surface area contributed by atoms with Crippen molar-refractivity contribution in [1.29, 1.82) is 0 Å². The highest BCUT2D eigenvalue weighted by Crippen LogP contribution is 2.24. The fraction of sp³-hybridized carbons (Fsp3) is 0.867. The molecule has 0 bridgehead atoms. The highest BCUT2D eigenvalue weighted by molar-refractivity contribution is 7.87. The molecule has 0 aromatic carbocycles. The highest BCUT2D eigenvalue weighted by atomic mass is 32.2. The minimum atomic E-state index is -3.38. The van der Waals surface area contributed by atoms with E-state index < -0.39 is 10.2 Å². The second-order valence-corrected chi connectivity index (χ2v) is 8.51. The summed E-state index contributed by atoms with van der Waals surface area (Å²) in [5.74, 6) is 1.53. The van der Waals surface area contributed by atoms with Crippen LogP contribution in [-0.2, 0) is 16.8 Å². The lowest BCUT2D eigenvalue weighted by atomic mass is 9.99. The van der Waals surface area contributed by atoms with E-state index in [0.29, 0.717) is 43.8 Å². The number of hydrogen-bond donors (Lipinski definition) is 1. The third kappa shape index (κ3) is 4.14. The number of rotatable bonds is 7. The zero-order chi connectivity index (χ0) is 17.2. The number of aromatic nitrogens is 2. The minimum Gasteiger partial charge on any atom is -0.340 e. The van der Waals surface area contributed by atoms with Gasteiger partial charge < -0.3 is 4.52 Å². The Bertz CT molecular complexity index is 641. The van der Waals surface area contributed by atoms with E-state index in [2.05, 4.69) is 26.7 Å². The molecule has 8 nitrogen and oxygen atoms in total. The van der Waals surface area contributed by atoms with Crippen molar-refractivity contribution in [2.24, 2.45) is 5.92 Å². The Hall–Kier alpha value is -1.03. The molecule has 0 saturated carbocycles. The van der Waals surface area contributed by atoms with E-state index in [9.17, 15) is 8.42 Å². The Kier molecular flexibility index (Phi) is 5.53. The van der Waals surface area contributed by atoms with Crippen LogP contribution < -0.4 is 4.72 Å². The van der Waals surface area contributed by atoms with Gasteiger partial charge in [-0.25, -0.2) is 0 Å². The van der Waals surface area contributed by atoms with Crippen LogP contribution in [0.15, 0.2) is 4.52 Å². The highest BCUT2D eigenvalue weighted by Gasteiger charge is 2.37. The van der Waals surface area contributed by atoms with Gasteiger partial charge in [0.15, 0.2) is 5.82 Å². The molecule has 2 atom stereocenters. The number of nitrogens with one attached hydrogen (secondary N) is 1. The zero-order valence-electron chi connectivity index (χ0n) is 14.4. The second-order valence-electron chi connectivity index (χ2n) is 6.81. The summed E-state index contributed by atoms with van der Waals surface area (Å²) in [4.78, 5) is 6.45. The first-order chi connectivity index (χ1) is 11.5. The molecule has 1 aromatic rings. The predicted molar refractivity (Wildman–Crippen MR) is 89.4 cm³/mol. The molecule has 2 saturated heterocycles. The zero-order valence-corrected chi connectivity index (χ0v) is 15.3. The summed E-state index contributed by atoms with van der Waals surface area (Å²) in [6, 6.07) is -0.0523. The van der Waals surface area contributed by atoms with Crippen LogP contribution in [0.25, 0.3) is 0 Å². The largest absolute Gasteiger partial charge is 0.340 e. The summed E-state index contributed by atoms with van der Waals surface area (Å²) in [7, 11) is -3.38. The maximum atomic E-state index is 12.6. The van der Waals surface area contributed by atoms with E-state index in [1.54, 1.807) is 11.2 Å². The average Bonchev–Trinajstić information content (AvgIpc) is 3.23. The number of hydrogen-bond acceptors (Lipinski definition) is 6. The Labute approximate surface area is 143 Å². The summed E-state index contributed by atoms with van der Waals surface area (Å²) >= 11 is 0. The van der Waals surface area contributed by atoms with Gasteiger partial charge in [0.1, 0.15) is 0 Å². The van der Waals surface area contributed by atoms with Crippen molar-refractivity contribution < 1.29 is 12.9 Å². The van der Waals surface area contributed by atoms with Gasteiger partial charge in [-0.2, -0.15) is 22.4 Å². The van der Waals surface area contributed by atoms with Crippen molar-refractivity contribution in [2.45, 2.75) is 52.1 Å². The fourth-order valence-corrected chi connectivity index (χ4v) is 5.22. The average molecular weight is 357 g/mol. The molecule has 2 fully saturated rings. The van der Waals surface area contributed by atoms with Gasteiger partial charge in [-0.1, -0.05) is 18.5 Å². The Morgan fingerprint density at radius 2 is 2.04 bits per heavy atom. The van der Waals surface area contributed by atoms with E-state index in [-0.39, 0.29) is 6.04 Å². The van der Waals surface area contributed by atoms with Crippen LogP contribution in [0.2, 0.25) is 0 Å². The van der Waals surface area contributed by atoms with Gasteiger partial charge in [-0.05, 0) is 25.2 Å². The third-order valence-electron chi connectivity index (χ3n) is 4.82. The van der Waals surface area contributed by atoms with Crippen LogP contribution in [0.3, 0.4) is 0 Å². The standard InChI is InChI=1S/C15H27N5O3S/c1-3-6-13-9-19(11-15-16-12(2)23-17-15)10-14(13)18-24(21,22)20-7-4-5-8-20/h13-14,18H,3-11H2,1-2H3/t13-,14-/m0/s1. The summed E-state index contributed by atoms with van der Waals surface area (Å²) in [5, 5.41) is 3.94. The van der Waals surface area contributed by atoms with Crippen LogP contribution in [0, 0.1) is 12.8 Å². The molecule has 0 unspecified atom stereocenters. The third-order valence-corrected chi connectivity index (χ3v) is 6.46. The van der Waals surface area contributed by atoms with Gasteiger partial charge in [0.05, 0.1) is 6.54 Å². The fourth-order valence-electron chi connectivity index (χ4n) is 3.69. The van der Waals surface area contributed by atoms with Gasteiger partial charge in [0, 0.05) is 39.1 Å². The lowest BCUT2D eigenvalue weighted by molar-refractivity contribution is 0.295. The van der Waals surface area contributed by atoms with Gasteiger partial charge in [-0.15, -0.1) is 0 Å². The maximum Gasteiger partial charge on any atom is 0.279 e. The Morgan fingerprint density at radius 3 is 2.67 bits per heavy atom. The van der Waals surface area contributed by atoms with Crippen LogP contribution in [0.4, 0.5) is 0 Å². The monoisotopic (exact) mass is 357 g/mol. The van der Waals surface area contributed by atoms with Crippen LogP contribution in [0.1, 0.15) is 44.3 Å². The molecular weight excluding hydrogens is 330 g/mol. The van der Waals surface area contributed by atoms with E-state index in [1.807, 2.05) is 0 Å². The number of likely N-dealkylation sites (tertiary alicyclic amines) is 1. The molecule has 24 heavy (non-hydrogen) atoms. The van der Waals surface area contributed by atoms with Crippen molar-refractivity contribution >= 4 is 10.2 Å². The molecule has 3 heterocycles. The topological polar surface area (TPSA) is 91.6 Å². The van der Waals surface area contributed by atoms with Gasteiger partial charge in [0.2, 0.25) is 5.89 Å². The normalized spacial score (nSPS) is 26.4. The second kappa shape index (κ2) is 7.47. The number of nitrogens with zero attached hydrogens (tertiary/aromatic N) is 4. The van der Waals surface area contributed by atoms with E-state index >= 15 is 0 Å². The quantitative estimate of drug-likeness (QED) is 0.780. The van der Waals surface area contributed by atoms with E-state index in [0.717, 1.165) is 32.2 Å². The summed E-state index contributed by atoms with van der Waals surface area (Å²) in [5.41, 5.74) is 0. The van der Waals surface area contributed by atoms with Crippen molar-refractivity contribution in [2.75, 3.05) is 26.2 Å². The number of aryl methyl sites for hydroxylation is 1. The molecule has 9 heteroatoms. The van der Waals surface area contributed by atoms with Crippen molar-refractivity contribution in [3.8, 4) is 0 Å². The first-order valence-corrected chi connectivity index (χ1v) is 10.2. The van der Waals surface area contributed by atoms with E-state index in [4.69, 9.17) is 4.52 Å². The molecule has 0 aliphatic carbocycles. The predicted octanol–water partition coefficient (Wildman–Crippen LogP) is 0.909. The van der Waals surface area contributed by atoms with E-state index in [1.165, 1.54) is 0 Å². The molecule has 1 aromatic heterocycles. The molecule has 2 aliphatic rings. The van der Waals surface area contributed by atoms with Gasteiger partial charge in [0.25, 0.3) is 10.2 Å². The van der Waals surface area contributed by atoms with Crippen LogP contribution in [0.5, 0.6) is 0 Å². The molecule has 0 radical (unpaired) electrons. The van der Waals surface area contributed by atoms with Crippen molar-refractivity contribution in [3.05, 3.63) is 11.7 Å². The SMILES string of the molecule is CCC[C@H]1CN(Cc2noc(C)n2)C[C@@H]1NS(=O)(=O)N1CCCC1. The molecule has 2 aliphatic heterocycles. The van der Waals surface area contributed by atoms with Crippen molar-refractivity contribution in [1.82, 2.24) is 24.1 Å². The van der Waals surface area contributed by atoms with Crippen LogP contribution in [-0.4, -0.2) is 60.0 Å². The first kappa shape index (κ1) is 17.8. The molecule has 3 rings (SSSR count). The summed E-state index contributed by atoms with van der Waals surface area (Å²) in [6.45, 7) is 7.31. The molecular formula is C15H27N5O3S. The molecule has 0 spiro atoms. The molecule has 0 amide bonds. The van der Waals surface area contributed by atoms with Crippen molar-refractivity contribution in [3.63, 3.8) is 0 Å².